The van der Waals surface area contributed by atoms with Crippen molar-refractivity contribution in [1.29, 1.82) is 0 Å². The summed E-state index contributed by atoms with van der Waals surface area (Å²) in [4.78, 5) is 3.90. The van der Waals surface area contributed by atoms with Gasteiger partial charge in [-0.2, -0.15) is 0 Å². The average molecular weight is 318 g/mol. The van der Waals surface area contributed by atoms with Crippen LogP contribution in [0.5, 0.6) is 0 Å². The minimum absolute atomic E-state index is 0.443. The topological polar surface area (TPSA) is 24.9 Å². The van der Waals surface area contributed by atoms with Crippen molar-refractivity contribution in [1.82, 2.24) is 4.98 Å². The Hall–Kier alpha value is -0.770. The van der Waals surface area contributed by atoms with Crippen molar-refractivity contribution in [2.45, 2.75) is 0 Å². The Morgan fingerprint density at radius 3 is 2.62 bits per heavy atom. The molecule has 82 valence electrons. The number of nitrogens with zero attached hydrogens (tertiary/aromatic N) is 1. The van der Waals surface area contributed by atoms with E-state index in [0.29, 0.717) is 10.2 Å². The van der Waals surface area contributed by atoms with Crippen LogP contribution in [0.4, 0.5) is 11.4 Å². The molecule has 0 saturated heterocycles. The van der Waals surface area contributed by atoms with Gasteiger partial charge in [0.05, 0.1) is 10.7 Å². The second-order valence-corrected chi connectivity index (χ2v) is 4.83. The monoisotopic (exact) mass is 316 g/mol. The minimum Gasteiger partial charge on any atom is -0.354 e. The number of hydrogen-bond acceptors (Lipinski definition) is 2. The van der Waals surface area contributed by atoms with E-state index in [9.17, 15) is 0 Å². The molecule has 1 aromatic heterocycles. The van der Waals surface area contributed by atoms with Gasteiger partial charge in [-0.05, 0) is 30.3 Å². The first-order chi connectivity index (χ1) is 7.65. The lowest BCUT2D eigenvalue weighted by Gasteiger charge is -2.08. The van der Waals surface area contributed by atoms with Crippen LogP contribution in [0.25, 0.3) is 0 Å². The number of halogens is 3. The van der Waals surface area contributed by atoms with E-state index in [0.717, 1.165) is 15.8 Å². The van der Waals surface area contributed by atoms with Gasteiger partial charge in [-0.25, -0.2) is 4.98 Å². The van der Waals surface area contributed by atoms with Gasteiger partial charge in [0.1, 0.15) is 5.15 Å². The highest BCUT2D eigenvalue weighted by Crippen LogP contribution is 2.28. The lowest BCUT2D eigenvalue weighted by molar-refractivity contribution is 1.32. The van der Waals surface area contributed by atoms with E-state index in [1.807, 2.05) is 24.3 Å². The molecule has 0 saturated carbocycles. The third kappa shape index (κ3) is 2.88. The highest BCUT2D eigenvalue weighted by atomic mass is 79.9. The molecule has 2 aromatic rings. The summed E-state index contributed by atoms with van der Waals surface area (Å²) >= 11 is 15.2. The lowest BCUT2D eigenvalue weighted by Crippen LogP contribution is -1.91. The molecule has 1 N–H and O–H groups in total. The third-order valence-corrected chi connectivity index (χ3v) is 2.95. The molecule has 0 unspecified atom stereocenters. The molecular weight excluding hydrogens is 311 g/mol. The van der Waals surface area contributed by atoms with Crippen molar-refractivity contribution < 1.29 is 0 Å². The number of rotatable bonds is 2. The van der Waals surface area contributed by atoms with Crippen molar-refractivity contribution in [3.8, 4) is 0 Å². The van der Waals surface area contributed by atoms with E-state index in [-0.39, 0.29) is 0 Å². The summed E-state index contributed by atoms with van der Waals surface area (Å²) < 4.78 is 0.941. The van der Waals surface area contributed by atoms with Gasteiger partial charge >= 0.3 is 0 Å². The number of hydrogen-bond donors (Lipinski definition) is 1. The molecule has 5 heteroatoms. The van der Waals surface area contributed by atoms with Gasteiger partial charge < -0.3 is 5.32 Å². The van der Waals surface area contributed by atoms with Crippen LogP contribution in [0.1, 0.15) is 0 Å². The van der Waals surface area contributed by atoms with Gasteiger partial charge in [0.15, 0.2) is 0 Å². The molecule has 0 fully saturated rings. The maximum atomic E-state index is 6.08. The van der Waals surface area contributed by atoms with E-state index in [1.165, 1.54) is 0 Å². The van der Waals surface area contributed by atoms with Crippen molar-refractivity contribution in [2.75, 3.05) is 5.32 Å². The van der Waals surface area contributed by atoms with Crippen molar-refractivity contribution >= 4 is 50.5 Å². The van der Waals surface area contributed by atoms with E-state index < -0.39 is 0 Å². The third-order valence-electron chi connectivity index (χ3n) is 1.94. The van der Waals surface area contributed by atoms with Crippen LogP contribution in [-0.4, -0.2) is 4.98 Å². The van der Waals surface area contributed by atoms with E-state index >= 15 is 0 Å². The van der Waals surface area contributed by atoms with Crippen LogP contribution in [0.15, 0.2) is 41.0 Å². The molecule has 0 aliphatic carbocycles. The van der Waals surface area contributed by atoms with Crippen molar-refractivity contribution in [3.05, 3.63) is 51.2 Å². The molecule has 2 rings (SSSR count). The number of pyridine rings is 1. The summed E-state index contributed by atoms with van der Waals surface area (Å²) in [5.41, 5.74) is 1.68. The van der Waals surface area contributed by atoms with E-state index in [2.05, 4.69) is 26.2 Å². The summed E-state index contributed by atoms with van der Waals surface area (Å²) in [6.07, 6.45) is 1.64. The average Bonchev–Trinajstić information content (AvgIpc) is 2.22. The highest BCUT2D eigenvalue weighted by Gasteiger charge is 2.01. The molecule has 1 aromatic carbocycles. The van der Waals surface area contributed by atoms with E-state index in [1.54, 1.807) is 12.3 Å². The van der Waals surface area contributed by atoms with E-state index in [4.69, 9.17) is 23.2 Å². The Bertz CT molecular complexity index is 517. The summed E-state index contributed by atoms with van der Waals surface area (Å²) in [6.45, 7) is 0. The zero-order chi connectivity index (χ0) is 11.5. The van der Waals surface area contributed by atoms with Crippen LogP contribution in [0, 0.1) is 0 Å². The molecule has 0 radical (unpaired) electrons. The maximum absolute atomic E-state index is 6.08. The predicted octanol–water partition coefficient (Wildman–Crippen LogP) is 4.89. The molecule has 0 bridgehead atoms. The highest BCUT2D eigenvalue weighted by molar-refractivity contribution is 9.10. The molecule has 0 amide bonds. The van der Waals surface area contributed by atoms with Crippen molar-refractivity contribution in [2.24, 2.45) is 0 Å². The Morgan fingerprint density at radius 1 is 1.12 bits per heavy atom. The Morgan fingerprint density at radius 2 is 1.94 bits per heavy atom. The number of anilines is 2. The molecule has 0 aliphatic heterocycles. The second kappa shape index (κ2) is 5.04. The Balaban J connectivity index is 2.27. The Kier molecular flexibility index (Phi) is 3.69. The zero-order valence-corrected chi connectivity index (χ0v) is 11.1. The van der Waals surface area contributed by atoms with Gasteiger partial charge in [-0.1, -0.05) is 39.1 Å². The molecule has 0 aliphatic rings. The second-order valence-electron chi connectivity index (χ2n) is 3.12. The van der Waals surface area contributed by atoms with Gasteiger partial charge in [-0.3, -0.25) is 0 Å². The SMILES string of the molecule is Clc1cc(Nc2ccc(Br)cc2Cl)ccn1. The standard InChI is InChI=1S/C11H7BrCl2N2/c12-7-1-2-10(9(13)5-7)16-8-3-4-15-11(14)6-8/h1-6H,(H,15,16). The Labute approximate surface area is 112 Å². The largest absolute Gasteiger partial charge is 0.354 e. The molecule has 1 heterocycles. The van der Waals surface area contributed by atoms with Gasteiger partial charge in [0.25, 0.3) is 0 Å². The first kappa shape index (κ1) is 11.7. The normalized spacial score (nSPS) is 10.2. The summed E-state index contributed by atoms with van der Waals surface area (Å²) in [5, 5.41) is 4.25. The number of nitrogens with one attached hydrogen (secondary N) is 1. The molecule has 0 atom stereocenters. The van der Waals surface area contributed by atoms with Crippen LogP contribution in [0.3, 0.4) is 0 Å². The summed E-state index contributed by atoms with van der Waals surface area (Å²) in [7, 11) is 0. The van der Waals surface area contributed by atoms with Crippen molar-refractivity contribution in [3.63, 3.8) is 0 Å². The first-order valence-corrected chi connectivity index (χ1v) is 6.04. The molecule has 2 nitrogen and oxygen atoms in total. The first-order valence-electron chi connectivity index (χ1n) is 4.49. The van der Waals surface area contributed by atoms with Gasteiger partial charge in [-0.15, -0.1) is 0 Å². The smallest absolute Gasteiger partial charge is 0.131 e. The molecule has 16 heavy (non-hydrogen) atoms. The predicted molar refractivity (Wildman–Crippen MR) is 71.7 cm³/mol. The fourth-order valence-corrected chi connectivity index (χ4v) is 2.12. The number of aromatic nitrogens is 1. The van der Waals surface area contributed by atoms with Crippen LogP contribution >= 0.6 is 39.1 Å². The minimum atomic E-state index is 0.443. The maximum Gasteiger partial charge on any atom is 0.131 e. The quantitative estimate of drug-likeness (QED) is 0.797. The van der Waals surface area contributed by atoms with Crippen LogP contribution < -0.4 is 5.32 Å². The lowest BCUT2D eigenvalue weighted by atomic mass is 10.3. The van der Waals surface area contributed by atoms with Crippen LogP contribution in [0.2, 0.25) is 10.2 Å². The molecule has 0 spiro atoms. The summed E-state index contributed by atoms with van der Waals surface area (Å²) in [5.74, 6) is 0. The zero-order valence-electron chi connectivity index (χ0n) is 8.05. The van der Waals surface area contributed by atoms with Crippen LogP contribution in [-0.2, 0) is 0 Å². The fraction of sp³-hybridized carbons (Fsp3) is 0. The number of benzene rings is 1. The molecular formula is C11H7BrCl2N2. The fourth-order valence-electron chi connectivity index (χ4n) is 1.23. The summed E-state index contributed by atoms with van der Waals surface area (Å²) in [6, 6.07) is 9.19. The van der Waals surface area contributed by atoms with Gasteiger partial charge in [0.2, 0.25) is 0 Å². The van der Waals surface area contributed by atoms with Gasteiger partial charge in [0, 0.05) is 16.4 Å².